The molecular formula is C26H20ClF3NO9S-. The third-order valence-electron chi connectivity index (χ3n) is 6.11. The molecule has 41 heavy (non-hydrogen) atoms. The summed E-state index contributed by atoms with van der Waals surface area (Å²) in [6.45, 7) is 1.06. The maximum absolute atomic E-state index is 14.4. The smallest absolute Gasteiger partial charge is 0.547 e. The number of hydrogen-bond acceptors (Lipinski definition) is 9. The van der Waals surface area contributed by atoms with Crippen LogP contribution in [0.4, 0.5) is 18.9 Å². The summed E-state index contributed by atoms with van der Waals surface area (Å²) in [6, 6.07) is 11.8. The number of alkyl halides is 3. The van der Waals surface area contributed by atoms with Gasteiger partial charge in [-0.2, -0.15) is 4.31 Å². The number of para-hydroxylation sites is 1. The minimum atomic E-state index is -5.31. The fraction of sp³-hybridized carbons (Fsp3) is 0.231. The van der Waals surface area contributed by atoms with Gasteiger partial charge in [0.2, 0.25) is 5.60 Å². The Labute approximate surface area is 236 Å². The minimum absolute atomic E-state index is 0.00196. The van der Waals surface area contributed by atoms with E-state index in [1.807, 2.05) is 0 Å². The number of sulfonamides is 1. The summed E-state index contributed by atoms with van der Waals surface area (Å²) in [4.78, 5) is 25.1. The Morgan fingerprint density at radius 1 is 1.00 bits per heavy atom. The van der Waals surface area contributed by atoms with Gasteiger partial charge in [-0.3, -0.25) is 4.79 Å². The van der Waals surface area contributed by atoms with E-state index in [0.717, 1.165) is 32.2 Å². The number of ether oxygens (including phenoxy) is 4. The number of methoxy groups -OCH3 is 2. The van der Waals surface area contributed by atoms with E-state index in [-0.39, 0.29) is 37.6 Å². The molecular weight excluding hydrogens is 595 g/mol. The number of amides is 1. The van der Waals surface area contributed by atoms with Gasteiger partial charge in [-0.05, 0) is 43.3 Å². The molecule has 0 N–H and O–H groups in total. The summed E-state index contributed by atoms with van der Waals surface area (Å²) >= 11 is 6.22. The highest BCUT2D eigenvalue weighted by Gasteiger charge is 2.59. The van der Waals surface area contributed by atoms with Gasteiger partial charge >= 0.3 is 6.36 Å². The predicted molar refractivity (Wildman–Crippen MR) is 135 cm³/mol. The normalized spacial score (nSPS) is 17.6. The maximum atomic E-state index is 14.4. The molecule has 0 spiro atoms. The van der Waals surface area contributed by atoms with E-state index >= 15 is 0 Å². The van der Waals surface area contributed by atoms with E-state index in [2.05, 4.69) is 4.74 Å². The number of anilines is 1. The largest absolute Gasteiger partial charge is 0.573 e. The molecule has 218 valence electrons. The van der Waals surface area contributed by atoms with Crippen molar-refractivity contribution in [1.82, 2.24) is 0 Å². The van der Waals surface area contributed by atoms with Crippen molar-refractivity contribution in [3.8, 4) is 17.2 Å². The highest BCUT2D eigenvalue weighted by molar-refractivity contribution is 7.93. The van der Waals surface area contributed by atoms with Crippen molar-refractivity contribution in [1.29, 1.82) is 0 Å². The van der Waals surface area contributed by atoms with Gasteiger partial charge in [-0.1, -0.05) is 29.8 Å². The van der Waals surface area contributed by atoms with Crippen molar-refractivity contribution in [2.75, 3.05) is 18.5 Å². The fourth-order valence-electron chi connectivity index (χ4n) is 4.39. The number of carboxylic acids is 1. The molecule has 3 aromatic carbocycles. The number of carbonyl (C=O) groups is 2. The lowest BCUT2D eigenvalue weighted by Gasteiger charge is -2.33. The summed E-state index contributed by atoms with van der Waals surface area (Å²) < 4.78 is 88.2. The Balaban J connectivity index is 2.05. The zero-order valence-electron chi connectivity index (χ0n) is 21.4. The van der Waals surface area contributed by atoms with Gasteiger partial charge in [0.15, 0.2) is 5.75 Å². The van der Waals surface area contributed by atoms with Gasteiger partial charge in [0.25, 0.3) is 15.9 Å². The Bertz CT molecular complexity index is 1630. The average molecular weight is 615 g/mol. The molecule has 1 unspecified atom stereocenters. The third kappa shape index (κ3) is 5.25. The van der Waals surface area contributed by atoms with Crippen LogP contribution in [0.5, 0.6) is 17.2 Å². The Kier molecular flexibility index (Phi) is 7.86. The lowest BCUT2D eigenvalue weighted by molar-refractivity contribution is -0.318. The Morgan fingerprint density at radius 3 is 2.29 bits per heavy atom. The van der Waals surface area contributed by atoms with Gasteiger partial charge in [-0.15, -0.1) is 13.2 Å². The topological polar surface area (TPSA) is 132 Å². The molecule has 4 rings (SSSR count). The summed E-state index contributed by atoms with van der Waals surface area (Å²) in [5.41, 5.74) is -3.22. The molecule has 0 saturated carbocycles. The van der Waals surface area contributed by atoms with Gasteiger partial charge in [-0.25, -0.2) is 8.42 Å². The summed E-state index contributed by atoms with van der Waals surface area (Å²) in [7, 11) is -2.83. The molecule has 3 aromatic rings. The van der Waals surface area contributed by atoms with Gasteiger partial charge in [0.1, 0.15) is 16.4 Å². The van der Waals surface area contributed by atoms with Gasteiger partial charge < -0.3 is 28.8 Å². The summed E-state index contributed by atoms with van der Waals surface area (Å²) in [6.07, 6.45) is -7.12. The van der Waals surface area contributed by atoms with Crippen LogP contribution in [-0.2, 0) is 30.0 Å². The van der Waals surface area contributed by atoms with Crippen LogP contribution in [0.1, 0.15) is 18.1 Å². The molecule has 0 fully saturated rings. The van der Waals surface area contributed by atoms with Gasteiger partial charge in [0, 0.05) is 22.2 Å². The monoisotopic (exact) mass is 614 g/mol. The molecule has 1 heterocycles. The van der Waals surface area contributed by atoms with Crippen LogP contribution in [0.25, 0.3) is 0 Å². The minimum Gasteiger partial charge on any atom is -0.547 e. The summed E-state index contributed by atoms with van der Waals surface area (Å²) in [5, 5.41) is 11.8. The number of carboxylic acid groups (broad SMARTS) is 1. The quantitative estimate of drug-likeness (QED) is 0.356. The molecule has 10 nitrogen and oxygen atoms in total. The highest BCUT2D eigenvalue weighted by atomic mass is 35.5. The number of rotatable bonds is 9. The SMILES string of the molecule is COc1ccc(S(=O)(=O)N2C(=O)C(O[C@@H](C)C(=O)[O-])(c3ccccc3OC)c3cc(Cl)ccc32)c(OC(F)(F)F)c1. The first kappa shape index (κ1) is 30.0. The number of fused-ring (bicyclic) bond motifs is 1. The number of nitrogens with zero attached hydrogens (tertiary/aromatic N) is 1. The van der Waals surface area contributed by atoms with Crippen molar-refractivity contribution in [3.05, 3.63) is 76.8 Å². The Hall–Kier alpha value is -4.01. The number of carbonyl (C=O) groups excluding carboxylic acids is 2. The zero-order chi connectivity index (χ0) is 30.3. The maximum Gasteiger partial charge on any atom is 0.573 e. The van der Waals surface area contributed by atoms with Gasteiger partial charge in [0.05, 0.1) is 32.0 Å². The highest BCUT2D eigenvalue weighted by Crippen LogP contribution is 2.53. The van der Waals surface area contributed by atoms with E-state index in [1.165, 1.54) is 43.5 Å². The standard InChI is InChI=1S/C26H21ClF3NO9S/c1-14(23(32)33)39-25(17-6-4-5-7-20(17)38-3)18-12-15(27)8-10-19(18)31(24(25)34)41(35,36)22-11-9-16(37-2)13-21(22)40-26(28,29)30/h4-14H,1-3H3,(H,32,33)/p-1/t14-,25?/m0/s1. The lowest BCUT2D eigenvalue weighted by Crippen LogP contribution is -2.50. The average Bonchev–Trinajstić information content (AvgIpc) is 3.15. The number of benzene rings is 3. The molecule has 1 aliphatic rings. The molecule has 0 aliphatic carbocycles. The Morgan fingerprint density at radius 2 is 1.68 bits per heavy atom. The molecule has 15 heteroatoms. The van der Waals surface area contributed by atoms with E-state index in [0.29, 0.717) is 6.07 Å². The van der Waals surface area contributed by atoms with Crippen molar-refractivity contribution >= 4 is 39.2 Å². The van der Waals surface area contributed by atoms with Crippen LogP contribution in [0, 0.1) is 0 Å². The second-order valence-corrected chi connectivity index (χ2v) is 10.7. The fourth-order valence-corrected chi connectivity index (χ4v) is 6.12. The number of hydrogen-bond donors (Lipinski definition) is 0. The number of halogens is 4. The summed E-state index contributed by atoms with van der Waals surface area (Å²) in [5.74, 6) is -4.48. The van der Waals surface area contributed by atoms with Crippen LogP contribution < -0.4 is 23.6 Å². The van der Waals surface area contributed by atoms with E-state index in [4.69, 9.17) is 25.8 Å². The van der Waals surface area contributed by atoms with E-state index < -0.39 is 50.6 Å². The van der Waals surface area contributed by atoms with Crippen LogP contribution >= 0.6 is 11.6 Å². The van der Waals surface area contributed by atoms with Crippen molar-refractivity contribution in [3.63, 3.8) is 0 Å². The predicted octanol–water partition coefficient (Wildman–Crippen LogP) is 3.39. The van der Waals surface area contributed by atoms with Crippen molar-refractivity contribution < 1.29 is 55.2 Å². The molecule has 1 aliphatic heterocycles. The molecule has 0 radical (unpaired) electrons. The molecule has 2 atom stereocenters. The first-order valence-electron chi connectivity index (χ1n) is 11.5. The van der Waals surface area contributed by atoms with E-state index in [1.54, 1.807) is 0 Å². The second-order valence-electron chi connectivity index (χ2n) is 8.56. The third-order valence-corrected chi connectivity index (χ3v) is 8.08. The van der Waals surface area contributed by atoms with Crippen molar-refractivity contribution in [2.24, 2.45) is 0 Å². The molecule has 1 amide bonds. The van der Waals surface area contributed by atoms with E-state index in [9.17, 15) is 36.3 Å². The number of aliphatic carboxylic acids is 1. The molecule has 0 saturated heterocycles. The van der Waals surface area contributed by atoms with Crippen LogP contribution in [0.2, 0.25) is 5.02 Å². The second kappa shape index (κ2) is 10.8. The molecule has 0 aromatic heterocycles. The zero-order valence-corrected chi connectivity index (χ0v) is 23.0. The van der Waals surface area contributed by atoms with Crippen molar-refractivity contribution in [2.45, 2.75) is 29.9 Å². The first-order chi connectivity index (χ1) is 19.2. The van der Waals surface area contributed by atoms with Crippen LogP contribution in [-0.4, -0.2) is 47.0 Å². The first-order valence-corrected chi connectivity index (χ1v) is 13.3. The molecule has 0 bridgehead atoms. The van der Waals surface area contributed by atoms with Crippen LogP contribution in [0.3, 0.4) is 0 Å². The van der Waals surface area contributed by atoms with Crippen LogP contribution in [0.15, 0.2) is 65.6 Å². The lowest BCUT2D eigenvalue weighted by atomic mass is 9.86.